The molecule has 2 heterocycles. The van der Waals surface area contributed by atoms with E-state index in [2.05, 4.69) is 27.7 Å². The van der Waals surface area contributed by atoms with Crippen LogP contribution in [0.1, 0.15) is 37.3 Å². The van der Waals surface area contributed by atoms with Gasteiger partial charge in [0.25, 0.3) is 0 Å². The van der Waals surface area contributed by atoms with E-state index in [1.165, 1.54) is 18.4 Å². The molecule has 7 nitrogen and oxygen atoms in total. The maximum Gasteiger partial charge on any atom is 0.321 e. The summed E-state index contributed by atoms with van der Waals surface area (Å²) in [6.07, 6.45) is 3.75. The summed E-state index contributed by atoms with van der Waals surface area (Å²) in [5.74, 6) is 0.865. The van der Waals surface area contributed by atoms with E-state index < -0.39 is 0 Å². The van der Waals surface area contributed by atoms with Crippen molar-refractivity contribution in [3.8, 4) is 5.75 Å². The molecule has 2 aliphatic rings. The molecule has 0 bridgehead atoms. The number of urea groups is 1. The van der Waals surface area contributed by atoms with Crippen LogP contribution in [0.5, 0.6) is 5.75 Å². The molecule has 1 unspecified atom stereocenters. The lowest BCUT2D eigenvalue weighted by Gasteiger charge is -2.32. The zero-order valence-electron chi connectivity index (χ0n) is 19.3. The van der Waals surface area contributed by atoms with E-state index in [0.29, 0.717) is 32.5 Å². The maximum atomic E-state index is 13.0. The van der Waals surface area contributed by atoms with Gasteiger partial charge in [-0.1, -0.05) is 30.3 Å². The number of likely N-dealkylation sites (tertiary alicyclic amines) is 2. The molecule has 0 radical (unpaired) electrons. The van der Waals surface area contributed by atoms with Gasteiger partial charge in [0.05, 0.1) is 13.2 Å². The maximum absolute atomic E-state index is 13.0. The molecule has 2 N–H and O–H groups in total. The van der Waals surface area contributed by atoms with E-state index >= 15 is 0 Å². The number of carbonyl (C=O) groups excluding carboxylic acids is 2. The number of ether oxygens (including phenoxy) is 1. The van der Waals surface area contributed by atoms with Crippen molar-refractivity contribution in [3.05, 3.63) is 60.2 Å². The third kappa shape index (κ3) is 6.05. The van der Waals surface area contributed by atoms with Crippen LogP contribution in [-0.2, 0) is 4.79 Å². The average molecular weight is 451 g/mol. The first-order valence-corrected chi connectivity index (χ1v) is 11.9. The van der Waals surface area contributed by atoms with Gasteiger partial charge >= 0.3 is 6.03 Å². The zero-order chi connectivity index (χ0) is 23.0. The van der Waals surface area contributed by atoms with Crippen LogP contribution < -0.4 is 15.4 Å². The number of piperidine rings is 1. The van der Waals surface area contributed by atoms with Gasteiger partial charge in [0, 0.05) is 31.2 Å². The molecule has 0 spiro atoms. The van der Waals surface area contributed by atoms with Gasteiger partial charge in [0.15, 0.2) is 0 Å². The van der Waals surface area contributed by atoms with Crippen LogP contribution in [0.15, 0.2) is 54.6 Å². The Bertz CT molecular complexity index is 922. The predicted octanol–water partition coefficient (Wildman–Crippen LogP) is 3.89. The standard InChI is InChI=1S/C26H34N4O3/c1-33-23-11-7-8-21(18-23)24(29-14-5-6-15-29)19-27-25(31)20-12-16-30(17-13-20)26(32)28-22-9-3-2-4-10-22/h2-4,7-11,18,20,24H,5-6,12-17,19H2,1H3,(H,27,31)(H,28,32). The zero-order valence-corrected chi connectivity index (χ0v) is 19.3. The molecular weight excluding hydrogens is 416 g/mol. The Kier molecular flexibility index (Phi) is 7.83. The van der Waals surface area contributed by atoms with E-state index in [1.54, 1.807) is 12.0 Å². The van der Waals surface area contributed by atoms with Gasteiger partial charge < -0.3 is 20.3 Å². The molecule has 0 aromatic heterocycles. The van der Waals surface area contributed by atoms with Crippen LogP contribution in [0, 0.1) is 5.92 Å². The summed E-state index contributed by atoms with van der Waals surface area (Å²) >= 11 is 0. The Morgan fingerprint density at radius 3 is 2.42 bits per heavy atom. The Morgan fingerprint density at radius 2 is 1.73 bits per heavy atom. The van der Waals surface area contributed by atoms with Crippen LogP contribution in [0.25, 0.3) is 0 Å². The molecule has 176 valence electrons. The van der Waals surface area contributed by atoms with E-state index in [-0.39, 0.29) is 23.9 Å². The SMILES string of the molecule is COc1cccc(C(CNC(=O)C2CCN(C(=O)Nc3ccccc3)CC2)N2CCCC2)c1. The van der Waals surface area contributed by atoms with Crippen LogP contribution >= 0.6 is 0 Å². The molecule has 2 aromatic carbocycles. The minimum absolute atomic E-state index is 0.0599. The van der Waals surface area contributed by atoms with E-state index in [0.717, 1.165) is 24.5 Å². The van der Waals surface area contributed by atoms with Gasteiger partial charge in [-0.3, -0.25) is 9.69 Å². The minimum atomic E-state index is -0.104. The van der Waals surface area contributed by atoms with E-state index in [4.69, 9.17) is 4.74 Å². The average Bonchev–Trinajstić information content (AvgIpc) is 3.39. The van der Waals surface area contributed by atoms with Crippen molar-refractivity contribution in [2.75, 3.05) is 45.2 Å². The monoisotopic (exact) mass is 450 g/mol. The first-order chi connectivity index (χ1) is 16.1. The number of carbonyl (C=O) groups is 2. The highest BCUT2D eigenvalue weighted by molar-refractivity contribution is 5.89. The fourth-order valence-corrected chi connectivity index (χ4v) is 4.77. The molecule has 0 aliphatic carbocycles. The molecule has 2 aliphatic heterocycles. The molecule has 0 saturated carbocycles. The molecular formula is C26H34N4O3. The Labute approximate surface area is 196 Å². The third-order valence-corrected chi connectivity index (χ3v) is 6.71. The van der Waals surface area contributed by atoms with Crippen molar-refractivity contribution in [2.24, 2.45) is 5.92 Å². The number of rotatable bonds is 7. The fourth-order valence-electron chi connectivity index (χ4n) is 4.77. The second-order valence-electron chi connectivity index (χ2n) is 8.84. The summed E-state index contributed by atoms with van der Waals surface area (Å²) < 4.78 is 5.41. The van der Waals surface area contributed by atoms with Crippen molar-refractivity contribution in [3.63, 3.8) is 0 Å². The van der Waals surface area contributed by atoms with Gasteiger partial charge in [-0.05, 0) is 68.6 Å². The lowest BCUT2D eigenvalue weighted by Crippen LogP contribution is -2.45. The van der Waals surface area contributed by atoms with Gasteiger partial charge in [-0.2, -0.15) is 0 Å². The Hall–Kier alpha value is -3.06. The van der Waals surface area contributed by atoms with Crippen molar-refractivity contribution >= 4 is 17.6 Å². The van der Waals surface area contributed by atoms with Gasteiger partial charge in [0.2, 0.25) is 5.91 Å². The summed E-state index contributed by atoms with van der Waals surface area (Å²) in [6.45, 7) is 3.85. The molecule has 7 heteroatoms. The van der Waals surface area contributed by atoms with Crippen molar-refractivity contribution in [1.29, 1.82) is 0 Å². The number of para-hydroxylation sites is 1. The van der Waals surface area contributed by atoms with Crippen LogP contribution in [-0.4, -0.2) is 61.6 Å². The summed E-state index contributed by atoms with van der Waals surface area (Å²) in [5, 5.41) is 6.13. The first-order valence-electron chi connectivity index (χ1n) is 11.9. The molecule has 3 amide bonds. The quantitative estimate of drug-likeness (QED) is 0.671. The smallest absolute Gasteiger partial charge is 0.321 e. The molecule has 4 rings (SSSR count). The largest absolute Gasteiger partial charge is 0.497 e. The number of amides is 3. The molecule has 2 fully saturated rings. The molecule has 2 saturated heterocycles. The number of hydrogen-bond donors (Lipinski definition) is 2. The third-order valence-electron chi connectivity index (χ3n) is 6.71. The highest BCUT2D eigenvalue weighted by atomic mass is 16.5. The van der Waals surface area contributed by atoms with Gasteiger partial charge in [-0.15, -0.1) is 0 Å². The summed E-state index contributed by atoms with van der Waals surface area (Å²) in [6, 6.07) is 17.6. The lowest BCUT2D eigenvalue weighted by atomic mass is 9.95. The summed E-state index contributed by atoms with van der Waals surface area (Å²) in [4.78, 5) is 29.7. The molecule has 33 heavy (non-hydrogen) atoms. The van der Waals surface area contributed by atoms with E-state index in [1.807, 2.05) is 42.5 Å². The highest BCUT2D eigenvalue weighted by Crippen LogP contribution is 2.27. The number of hydrogen-bond acceptors (Lipinski definition) is 4. The molecule has 1 atom stereocenters. The number of anilines is 1. The van der Waals surface area contributed by atoms with Crippen LogP contribution in [0.2, 0.25) is 0 Å². The fraction of sp³-hybridized carbons (Fsp3) is 0.462. The summed E-state index contributed by atoms with van der Waals surface area (Å²) in [5.41, 5.74) is 1.96. The number of benzene rings is 2. The lowest BCUT2D eigenvalue weighted by molar-refractivity contribution is -0.126. The second-order valence-corrected chi connectivity index (χ2v) is 8.84. The van der Waals surface area contributed by atoms with Crippen molar-refractivity contribution < 1.29 is 14.3 Å². The topological polar surface area (TPSA) is 73.9 Å². The van der Waals surface area contributed by atoms with Crippen molar-refractivity contribution in [1.82, 2.24) is 15.1 Å². The minimum Gasteiger partial charge on any atom is -0.497 e. The van der Waals surface area contributed by atoms with Crippen LogP contribution in [0.3, 0.4) is 0 Å². The van der Waals surface area contributed by atoms with E-state index in [9.17, 15) is 9.59 Å². The second kappa shape index (κ2) is 11.2. The number of methoxy groups -OCH3 is 1. The normalized spacial score (nSPS) is 18.0. The molecule has 2 aromatic rings. The van der Waals surface area contributed by atoms with Gasteiger partial charge in [-0.25, -0.2) is 4.79 Å². The number of nitrogens with zero attached hydrogens (tertiary/aromatic N) is 2. The summed E-state index contributed by atoms with van der Waals surface area (Å²) in [7, 11) is 1.68. The Balaban J connectivity index is 1.29. The van der Waals surface area contributed by atoms with Crippen molar-refractivity contribution in [2.45, 2.75) is 31.7 Å². The number of nitrogens with one attached hydrogen (secondary N) is 2. The predicted molar refractivity (Wildman–Crippen MR) is 129 cm³/mol. The highest BCUT2D eigenvalue weighted by Gasteiger charge is 2.29. The van der Waals surface area contributed by atoms with Gasteiger partial charge in [0.1, 0.15) is 5.75 Å². The Morgan fingerprint density at radius 1 is 1.00 bits per heavy atom. The first kappa shape index (κ1) is 23.1. The van der Waals surface area contributed by atoms with Crippen LogP contribution in [0.4, 0.5) is 10.5 Å².